The van der Waals surface area contributed by atoms with Crippen molar-refractivity contribution in [3.63, 3.8) is 0 Å². The van der Waals surface area contributed by atoms with Gasteiger partial charge in [-0.3, -0.25) is 9.69 Å². The Morgan fingerprint density at radius 3 is 2.96 bits per heavy atom. The first-order chi connectivity index (χ1) is 11.1. The van der Waals surface area contributed by atoms with E-state index in [0.29, 0.717) is 18.9 Å². The zero-order valence-corrected chi connectivity index (χ0v) is 15.0. The lowest BCUT2D eigenvalue weighted by atomic mass is 9.86. The van der Waals surface area contributed by atoms with E-state index < -0.39 is 0 Å². The van der Waals surface area contributed by atoms with Gasteiger partial charge < -0.3 is 4.90 Å². The minimum Gasteiger partial charge on any atom is -0.336 e. The second-order valence-corrected chi connectivity index (χ2v) is 8.92. The van der Waals surface area contributed by atoms with Crippen LogP contribution in [0.5, 0.6) is 0 Å². The SMILES string of the molecule is Cc1nc(CN2C[C@]3(CCN(Cc4cccs4)C3)CC2=O)cs1. The van der Waals surface area contributed by atoms with Gasteiger partial charge >= 0.3 is 0 Å². The third kappa shape index (κ3) is 3.20. The van der Waals surface area contributed by atoms with Gasteiger partial charge in [0.2, 0.25) is 5.91 Å². The van der Waals surface area contributed by atoms with Gasteiger partial charge in [-0.05, 0) is 31.3 Å². The molecular formula is C17H21N3OS2. The van der Waals surface area contributed by atoms with E-state index in [0.717, 1.165) is 43.3 Å². The highest BCUT2D eigenvalue weighted by Crippen LogP contribution is 2.41. The van der Waals surface area contributed by atoms with Crippen molar-refractivity contribution in [2.24, 2.45) is 5.41 Å². The summed E-state index contributed by atoms with van der Waals surface area (Å²) in [5.41, 5.74) is 1.20. The highest BCUT2D eigenvalue weighted by Gasteiger charge is 2.47. The van der Waals surface area contributed by atoms with Crippen LogP contribution in [0.1, 0.15) is 28.4 Å². The molecule has 0 bridgehead atoms. The van der Waals surface area contributed by atoms with Crippen LogP contribution in [-0.4, -0.2) is 40.3 Å². The lowest BCUT2D eigenvalue weighted by Crippen LogP contribution is -2.31. The van der Waals surface area contributed by atoms with E-state index in [9.17, 15) is 4.79 Å². The number of carbonyl (C=O) groups is 1. The smallest absolute Gasteiger partial charge is 0.223 e. The number of hydrogen-bond acceptors (Lipinski definition) is 5. The number of aryl methyl sites for hydroxylation is 1. The molecule has 0 N–H and O–H groups in total. The average Bonchev–Trinajstić information content (AvgIpc) is 3.26. The van der Waals surface area contributed by atoms with Gasteiger partial charge in [0, 0.05) is 41.7 Å². The Balaban J connectivity index is 1.39. The molecular weight excluding hydrogens is 326 g/mol. The van der Waals surface area contributed by atoms with Gasteiger partial charge in [-0.25, -0.2) is 4.98 Å². The number of amides is 1. The van der Waals surface area contributed by atoms with Crippen LogP contribution in [0, 0.1) is 12.3 Å². The van der Waals surface area contributed by atoms with Gasteiger partial charge in [-0.2, -0.15) is 0 Å². The Morgan fingerprint density at radius 2 is 2.22 bits per heavy atom. The fraction of sp³-hybridized carbons (Fsp3) is 0.529. The molecule has 4 nitrogen and oxygen atoms in total. The predicted octanol–water partition coefficient (Wildman–Crippen LogP) is 3.14. The Labute approximate surface area is 144 Å². The third-order valence-electron chi connectivity index (χ3n) is 4.90. The van der Waals surface area contributed by atoms with Crippen LogP contribution in [0.25, 0.3) is 0 Å². The summed E-state index contributed by atoms with van der Waals surface area (Å²) in [7, 11) is 0. The zero-order valence-electron chi connectivity index (χ0n) is 13.3. The Kier molecular flexibility index (Phi) is 3.99. The second kappa shape index (κ2) is 6.00. The molecule has 0 radical (unpaired) electrons. The standard InChI is InChI=1S/C17H21N3OS2/c1-13-18-14(10-23-13)8-20-12-17(7-16(20)21)4-5-19(11-17)9-15-3-2-6-22-15/h2-3,6,10H,4-5,7-9,11-12H2,1H3/t17-/m1/s1. The Hall–Kier alpha value is -1.24. The molecule has 2 aromatic rings. The summed E-state index contributed by atoms with van der Waals surface area (Å²) in [5, 5.41) is 5.28. The molecule has 0 saturated carbocycles. The van der Waals surface area contributed by atoms with Crippen LogP contribution >= 0.6 is 22.7 Å². The summed E-state index contributed by atoms with van der Waals surface area (Å²) >= 11 is 3.48. The average molecular weight is 348 g/mol. The number of thiazole rings is 1. The van der Waals surface area contributed by atoms with E-state index in [1.807, 2.05) is 23.2 Å². The molecule has 2 fully saturated rings. The van der Waals surface area contributed by atoms with E-state index in [-0.39, 0.29) is 5.41 Å². The van der Waals surface area contributed by atoms with E-state index in [1.165, 1.54) is 4.88 Å². The van der Waals surface area contributed by atoms with Crippen molar-refractivity contribution in [2.75, 3.05) is 19.6 Å². The van der Waals surface area contributed by atoms with Gasteiger partial charge in [0.05, 0.1) is 17.2 Å². The molecule has 0 aliphatic carbocycles. The monoisotopic (exact) mass is 347 g/mol. The molecule has 2 aliphatic rings. The number of nitrogens with zero attached hydrogens (tertiary/aromatic N) is 3. The maximum atomic E-state index is 12.5. The molecule has 4 rings (SSSR count). The summed E-state index contributed by atoms with van der Waals surface area (Å²) < 4.78 is 0. The molecule has 1 amide bonds. The number of likely N-dealkylation sites (tertiary alicyclic amines) is 2. The first-order valence-electron chi connectivity index (χ1n) is 8.05. The van der Waals surface area contributed by atoms with Gasteiger partial charge in [0.15, 0.2) is 0 Å². The lowest BCUT2D eigenvalue weighted by molar-refractivity contribution is -0.128. The predicted molar refractivity (Wildman–Crippen MR) is 93.5 cm³/mol. The number of aromatic nitrogens is 1. The minimum atomic E-state index is 0.166. The maximum absolute atomic E-state index is 12.5. The zero-order chi connectivity index (χ0) is 15.9. The third-order valence-corrected chi connectivity index (χ3v) is 6.59. The lowest BCUT2D eigenvalue weighted by Gasteiger charge is -2.24. The molecule has 2 saturated heterocycles. The second-order valence-electron chi connectivity index (χ2n) is 6.82. The number of carbonyl (C=O) groups excluding carboxylic acids is 1. The molecule has 23 heavy (non-hydrogen) atoms. The first kappa shape index (κ1) is 15.3. The van der Waals surface area contributed by atoms with Crippen molar-refractivity contribution in [3.05, 3.63) is 38.5 Å². The van der Waals surface area contributed by atoms with E-state index >= 15 is 0 Å². The molecule has 122 valence electrons. The minimum absolute atomic E-state index is 0.166. The molecule has 1 atom stereocenters. The van der Waals surface area contributed by atoms with Gasteiger partial charge in [-0.1, -0.05) is 6.07 Å². The van der Waals surface area contributed by atoms with Crippen LogP contribution in [0.15, 0.2) is 22.9 Å². The van der Waals surface area contributed by atoms with E-state index in [1.54, 1.807) is 11.3 Å². The molecule has 0 unspecified atom stereocenters. The van der Waals surface area contributed by atoms with E-state index in [2.05, 4.69) is 32.8 Å². The van der Waals surface area contributed by atoms with Crippen molar-refractivity contribution < 1.29 is 4.79 Å². The van der Waals surface area contributed by atoms with Crippen molar-refractivity contribution in [1.29, 1.82) is 0 Å². The van der Waals surface area contributed by atoms with Crippen molar-refractivity contribution in [3.8, 4) is 0 Å². The van der Waals surface area contributed by atoms with Crippen LogP contribution in [-0.2, 0) is 17.9 Å². The topological polar surface area (TPSA) is 36.4 Å². The summed E-state index contributed by atoms with van der Waals surface area (Å²) in [6.07, 6.45) is 1.84. The molecule has 4 heterocycles. The molecule has 6 heteroatoms. The van der Waals surface area contributed by atoms with Crippen LogP contribution in [0.3, 0.4) is 0 Å². The Bertz CT molecular complexity index is 697. The first-order valence-corrected chi connectivity index (χ1v) is 9.81. The normalized spacial score (nSPS) is 25.1. The highest BCUT2D eigenvalue weighted by atomic mass is 32.1. The summed E-state index contributed by atoms with van der Waals surface area (Å²) in [4.78, 5) is 22.9. The number of rotatable bonds is 4. The Morgan fingerprint density at radius 1 is 1.30 bits per heavy atom. The van der Waals surface area contributed by atoms with E-state index in [4.69, 9.17) is 0 Å². The molecule has 2 aromatic heterocycles. The highest BCUT2D eigenvalue weighted by molar-refractivity contribution is 7.10. The van der Waals surface area contributed by atoms with Crippen LogP contribution in [0.2, 0.25) is 0 Å². The van der Waals surface area contributed by atoms with Gasteiger partial charge in [0.1, 0.15) is 0 Å². The molecule has 1 spiro atoms. The van der Waals surface area contributed by atoms with Crippen molar-refractivity contribution in [1.82, 2.24) is 14.8 Å². The van der Waals surface area contributed by atoms with Crippen LogP contribution in [0.4, 0.5) is 0 Å². The number of hydrogen-bond donors (Lipinski definition) is 0. The van der Waals surface area contributed by atoms with Crippen LogP contribution < -0.4 is 0 Å². The summed E-state index contributed by atoms with van der Waals surface area (Å²) in [6.45, 7) is 6.76. The summed E-state index contributed by atoms with van der Waals surface area (Å²) in [5.74, 6) is 0.300. The largest absolute Gasteiger partial charge is 0.336 e. The quantitative estimate of drug-likeness (QED) is 0.852. The van der Waals surface area contributed by atoms with Gasteiger partial charge in [0.25, 0.3) is 0 Å². The fourth-order valence-corrected chi connectivity index (χ4v) is 5.21. The van der Waals surface area contributed by atoms with Gasteiger partial charge in [-0.15, -0.1) is 22.7 Å². The van der Waals surface area contributed by atoms with Crippen molar-refractivity contribution >= 4 is 28.6 Å². The fourth-order valence-electron chi connectivity index (χ4n) is 3.86. The molecule has 2 aliphatic heterocycles. The van der Waals surface area contributed by atoms with Crippen molar-refractivity contribution in [2.45, 2.75) is 32.9 Å². The molecule has 0 aromatic carbocycles. The number of thiophene rings is 1. The summed E-state index contributed by atoms with van der Waals surface area (Å²) in [6, 6.07) is 4.31. The maximum Gasteiger partial charge on any atom is 0.223 e.